The van der Waals surface area contributed by atoms with Crippen molar-refractivity contribution in [2.75, 3.05) is 25.6 Å². The third-order valence-corrected chi connectivity index (χ3v) is 5.53. The lowest BCUT2D eigenvalue weighted by Crippen LogP contribution is -2.52. The molecule has 1 aromatic rings. The summed E-state index contributed by atoms with van der Waals surface area (Å²) >= 11 is 0. The van der Waals surface area contributed by atoms with Crippen LogP contribution in [0.15, 0.2) is 24.3 Å². The Bertz CT molecular complexity index is 730. The van der Waals surface area contributed by atoms with E-state index in [2.05, 4.69) is 10.6 Å². The molecule has 0 aromatic heterocycles. The topological polar surface area (TPSA) is 117 Å². The number of aliphatic carboxylic acids is 1. The molecule has 1 unspecified atom stereocenters. The van der Waals surface area contributed by atoms with Crippen LogP contribution in [0.25, 0.3) is 0 Å². The molecule has 2 amide bonds. The molecule has 9 nitrogen and oxygen atoms in total. The molecule has 1 fully saturated rings. The normalized spacial score (nSPS) is 14.6. The van der Waals surface area contributed by atoms with Gasteiger partial charge in [-0.15, -0.1) is 0 Å². The largest absolute Gasteiger partial charge is 0.494 e. The van der Waals surface area contributed by atoms with Gasteiger partial charge in [0.1, 0.15) is 5.75 Å². The number of ether oxygens (including phenoxy) is 1. The SMILES string of the molecule is CCN(OC)C(=O)C(NC(=O)CCC1CCCC1)Nc1ccc(OCCCC(=O)O)cc1. The Morgan fingerprint density at radius 2 is 1.84 bits per heavy atom. The zero-order valence-electron chi connectivity index (χ0n) is 19.0. The zero-order valence-corrected chi connectivity index (χ0v) is 19.0. The molecule has 0 saturated heterocycles. The highest BCUT2D eigenvalue weighted by molar-refractivity contribution is 5.89. The predicted molar refractivity (Wildman–Crippen MR) is 120 cm³/mol. The van der Waals surface area contributed by atoms with Gasteiger partial charge in [-0.25, -0.2) is 5.06 Å². The minimum atomic E-state index is -0.965. The standard InChI is InChI=1S/C23H35N3O6/c1-3-26(31-2)23(30)22(25-20(27)15-10-17-7-4-5-8-17)24-18-11-13-19(14-12-18)32-16-6-9-21(28)29/h11-14,17,22,24H,3-10,15-16H2,1-2H3,(H,25,27)(H,28,29). The summed E-state index contributed by atoms with van der Waals surface area (Å²) < 4.78 is 5.53. The van der Waals surface area contributed by atoms with E-state index in [1.54, 1.807) is 31.2 Å². The summed E-state index contributed by atoms with van der Waals surface area (Å²) in [4.78, 5) is 41.1. The van der Waals surface area contributed by atoms with Crippen LogP contribution in [-0.2, 0) is 19.2 Å². The second kappa shape index (κ2) is 13.6. The Kier molecular flexibility index (Phi) is 10.8. The van der Waals surface area contributed by atoms with Crippen molar-refractivity contribution in [1.29, 1.82) is 0 Å². The van der Waals surface area contributed by atoms with E-state index in [1.807, 2.05) is 0 Å². The van der Waals surface area contributed by atoms with Crippen LogP contribution in [0.1, 0.15) is 58.3 Å². The lowest BCUT2D eigenvalue weighted by Gasteiger charge is -2.26. The van der Waals surface area contributed by atoms with Crippen LogP contribution in [-0.4, -0.2) is 54.4 Å². The second-order valence-electron chi connectivity index (χ2n) is 7.92. The van der Waals surface area contributed by atoms with Crippen LogP contribution in [0.3, 0.4) is 0 Å². The van der Waals surface area contributed by atoms with E-state index < -0.39 is 18.0 Å². The lowest BCUT2D eigenvalue weighted by atomic mass is 10.0. The van der Waals surface area contributed by atoms with Crippen molar-refractivity contribution >= 4 is 23.5 Å². The first-order chi connectivity index (χ1) is 15.4. The molecule has 9 heteroatoms. The first-order valence-corrected chi connectivity index (χ1v) is 11.3. The maximum absolute atomic E-state index is 12.9. The summed E-state index contributed by atoms with van der Waals surface area (Å²) in [7, 11) is 1.41. The molecule has 0 spiro atoms. The van der Waals surface area contributed by atoms with Gasteiger partial charge in [0.2, 0.25) is 5.91 Å². The molecule has 0 radical (unpaired) electrons. The van der Waals surface area contributed by atoms with Crippen LogP contribution in [0.4, 0.5) is 5.69 Å². The number of amides is 2. The van der Waals surface area contributed by atoms with E-state index >= 15 is 0 Å². The van der Waals surface area contributed by atoms with Crippen molar-refractivity contribution in [3.8, 4) is 5.75 Å². The van der Waals surface area contributed by atoms with Crippen LogP contribution < -0.4 is 15.4 Å². The molecule has 2 rings (SSSR count). The smallest absolute Gasteiger partial charge is 0.303 e. The maximum Gasteiger partial charge on any atom is 0.303 e. The van der Waals surface area contributed by atoms with Crippen LogP contribution in [0.2, 0.25) is 0 Å². The number of carboxylic acids is 1. The molecule has 0 aliphatic heterocycles. The van der Waals surface area contributed by atoms with Gasteiger partial charge in [-0.05, 0) is 49.9 Å². The van der Waals surface area contributed by atoms with Crippen LogP contribution in [0.5, 0.6) is 5.75 Å². The van der Waals surface area contributed by atoms with E-state index in [-0.39, 0.29) is 12.3 Å². The van der Waals surface area contributed by atoms with Gasteiger partial charge in [0.25, 0.3) is 5.91 Å². The van der Waals surface area contributed by atoms with Gasteiger partial charge in [-0.3, -0.25) is 19.2 Å². The molecule has 0 heterocycles. The first kappa shape index (κ1) is 25.5. The number of carbonyl (C=O) groups excluding carboxylic acids is 2. The van der Waals surface area contributed by atoms with Crippen molar-refractivity contribution in [2.45, 2.75) is 64.5 Å². The van der Waals surface area contributed by atoms with E-state index in [9.17, 15) is 14.4 Å². The van der Waals surface area contributed by atoms with Gasteiger partial charge in [-0.2, -0.15) is 0 Å². The van der Waals surface area contributed by atoms with Gasteiger partial charge in [-0.1, -0.05) is 25.7 Å². The minimum Gasteiger partial charge on any atom is -0.494 e. The fourth-order valence-electron chi connectivity index (χ4n) is 3.77. The summed E-state index contributed by atoms with van der Waals surface area (Å²) in [5.41, 5.74) is 0.629. The lowest BCUT2D eigenvalue weighted by molar-refractivity contribution is -0.176. The molecule has 1 aliphatic carbocycles. The van der Waals surface area contributed by atoms with Crippen molar-refractivity contribution in [1.82, 2.24) is 10.4 Å². The highest BCUT2D eigenvalue weighted by Crippen LogP contribution is 2.28. The average molecular weight is 450 g/mol. The van der Waals surface area contributed by atoms with E-state index in [1.165, 1.54) is 37.9 Å². The van der Waals surface area contributed by atoms with Gasteiger partial charge >= 0.3 is 5.97 Å². The maximum atomic E-state index is 12.9. The number of likely N-dealkylation sites (N-methyl/N-ethyl adjacent to an activating group) is 1. The molecule has 3 N–H and O–H groups in total. The Morgan fingerprint density at radius 1 is 1.16 bits per heavy atom. The number of hydrogen-bond acceptors (Lipinski definition) is 6. The number of hydroxylamine groups is 2. The molecule has 1 saturated carbocycles. The van der Waals surface area contributed by atoms with Crippen molar-refractivity contribution in [3.05, 3.63) is 24.3 Å². The molecule has 0 bridgehead atoms. The molecule has 32 heavy (non-hydrogen) atoms. The quantitative estimate of drug-likeness (QED) is 0.227. The Hall–Kier alpha value is -2.81. The number of benzene rings is 1. The summed E-state index contributed by atoms with van der Waals surface area (Å²) in [5.74, 6) is -0.230. The van der Waals surface area contributed by atoms with Crippen LogP contribution in [0, 0.1) is 5.92 Å². The highest BCUT2D eigenvalue weighted by Gasteiger charge is 2.26. The molecule has 1 aliphatic rings. The van der Waals surface area contributed by atoms with Crippen molar-refractivity contribution in [2.24, 2.45) is 5.92 Å². The molecular formula is C23H35N3O6. The van der Waals surface area contributed by atoms with E-state index in [0.29, 0.717) is 43.3 Å². The first-order valence-electron chi connectivity index (χ1n) is 11.3. The summed E-state index contributed by atoms with van der Waals surface area (Å²) in [6.45, 7) is 2.43. The predicted octanol–water partition coefficient (Wildman–Crippen LogP) is 3.16. The Balaban J connectivity index is 1.94. The number of anilines is 1. The highest BCUT2D eigenvalue weighted by atomic mass is 16.7. The fraction of sp³-hybridized carbons (Fsp3) is 0.609. The number of hydrogen-bond donors (Lipinski definition) is 3. The Morgan fingerprint density at radius 3 is 2.44 bits per heavy atom. The van der Waals surface area contributed by atoms with E-state index in [0.717, 1.165) is 6.42 Å². The molecular weight excluding hydrogens is 414 g/mol. The van der Waals surface area contributed by atoms with Gasteiger partial charge in [0.05, 0.1) is 13.7 Å². The van der Waals surface area contributed by atoms with Gasteiger partial charge < -0.3 is 20.5 Å². The third kappa shape index (κ3) is 8.74. The number of nitrogens with zero attached hydrogens (tertiary/aromatic N) is 1. The molecule has 1 atom stereocenters. The fourth-order valence-corrected chi connectivity index (χ4v) is 3.77. The van der Waals surface area contributed by atoms with Crippen molar-refractivity contribution < 1.29 is 29.1 Å². The number of rotatable bonds is 14. The van der Waals surface area contributed by atoms with Gasteiger partial charge in [0.15, 0.2) is 6.17 Å². The Labute approximate surface area is 189 Å². The monoisotopic (exact) mass is 449 g/mol. The number of carboxylic acid groups (broad SMARTS) is 1. The van der Waals surface area contributed by atoms with Crippen molar-refractivity contribution in [3.63, 3.8) is 0 Å². The van der Waals surface area contributed by atoms with Gasteiger partial charge in [0, 0.05) is 25.1 Å². The molecule has 1 aromatic carbocycles. The van der Waals surface area contributed by atoms with E-state index in [4.69, 9.17) is 14.7 Å². The van der Waals surface area contributed by atoms with Crippen LogP contribution >= 0.6 is 0 Å². The third-order valence-electron chi connectivity index (χ3n) is 5.53. The number of carbonyl (C=O) groups is 3. The summed E-state index contributed by atoms with van der Waals surface area (Å²) in [6, 6.07) is 6.92. The second-order valence-corrected chi connectivity index (χ2v) is 7.92. The summed E-state index contributed by atoms with van der Waals surface area (Å²) in [5, 5.41) is 15.7. The zero-order chi connectivity index (χ0) is 23.3. The summed E-state index contributed by atoms with van der Waals surface area (Å²) in [6.07, 6.45) is 5.54. The average Bonchev–Trinajstić information content (AvgIpc) is 3.30. The minimum absolute atomic E-state index is 0.0529. The molecule has 178 valence electrons. The number of nitrogens with one attached hydrogen (secondary N) is 2.